The van der Waals surface area contributed by atoms with Crippen molar-refractivity contribution < 1.29 is 23.1 Å². The van der Waals surface area contributed by atoms with E-state index < -0.39 is 24.4 Å². The third kappa shape index (κ3) is 2.20. The first-order chi connectivity index (χ1) is 5.91. The molecule has 0 radical (unpaired) electrons. The molecular formula is C6H5F3N2O2. The molecule has 0 aliphatic carbocycles. The SMILES string of the molecule is O=C(O)Cn1nccc1C(F)(F)F. The molecular weight excluding hydrogens is 189 g/mol. The van der Waals surface area contributed by atoms with Crippen molar-refractivity contribution in [1.82, 2.24) is 9.78 Å². The van der Waals surface area contributed by atoms with Crippen molar-refractivity contribution in [2.24, 2.45) is 0 Å². The first-order valence-electron chi connectivity index (χ1n) is 3.22. The van der Waals surface area contributed by atoms with E-state index in [2.05, 4.69) is 5.10 Å². The molecule has 1 aromatic heterocycles. The predicted molar refractivity (Wildman–Crippen MR) is 34.9 cm³/mol. The van der Waals surface area contributed by atoms with E-state index in [9.17, 15) is 18.0 Å². The van der Waals surface area contributed by atoms with E-state index >= 15 is 0 Å². The molecule has 0 aromatic carbocycles. The molecule has 0 bridgehead atoms. The minimum atomic E-state index is -4.56. The van der Waals surface area contributed by atoms with Gasteiger partial charge in [-0.05, 0) is 6.07 Å². The molecule has 1 heterocycles. The Morgan fingerprint density at radius 3 is 2.69 bits per heavy atom. The molecule has 4 nitrogen and oxygen atoms in total. The molecule has 1 aromatic rings. The highest BCUT2D eigenvalue weighted by Gasteiger charge is 2.34. The van der Waals surface area contributed by atoms with Crippen molar-refractivity contribution in [3.63, 3.8) is 0 Å². The third-order valence-electron chi connectivity index (χ3n) is 1.29. The second kappa shape index (κ2) is 3.08. The van der Waals surface area contributed by atoms with Gasteiger partial charge in [0.1, 0.15) is 12.2 Å². The van der Waals surface area contributed by atoms with Crippen LogP contribution in [0.3, 0.4) is 0 Å². The Labute approximate surface area is 70.6 Å². The Morgan fingerprint density at radius 2 is 2.23 bits per heavy atom. The second-order valence-electron chi connectivity index (χ2n) is 2.27. The molecule has 0 fully saturated rings. The summed E-state index contributed by atoms with van der Waals surface area (Å²) in [5.41, 5.74) is -1.06. The molecule has 72 valence electrons. The van der Waals surface area contributed by atoms with E-state index in [0.29, 0.717) is 4.68 Å². The van der Waals surface area contributed by atoms with Crippen molar-refractivity contribution in [2.75, 3.05) is 0 Å². The lowest BCUT2D eigenvalue weighted by Gasteiger charge is -2.07. The Balaban J connectivity index is 2.96. The number of nitrogens with zero attached hydrogens (tertiary/aromatic N) is 2. The fourth-order valence-electron chi connectivity index (χ4n) is 0.828. The molecule has 13 heavy (non-hydrogen) atoms. The molecule has 1 N–H and O–H groups in total. The summed E-state index contributed by atoms with van der Waals surface area (Å²) in [6, 6.07) is 0.725. The van der Waals surface area contributed by atoms with Crippen molar-refractivity contribution in [1.29, 1.82) is 0 Å². The van der Waals surface area contributed by atoms with Crippen LogP contribution in [0.25, 0.3) is 0 Å². The molecule has 0 spiro atoms. The van der Waals surface area contributed by atoms with Gasteiger partial charge in [0.25, 0.3) is 0 Å². The molecule has 0 saturated heterocycles. The smallest absolute Gasteiger partial charge is 0.433 e. The number of carboxylic acids is 1. The standard InChI is InChI=1S/C6H5F3N2O2/c7-6(8,9)4-1-2-10-11(4)3-5(12)13/h1-2H,3H2,(H,12,13). The van der Waals surface area contributed by atoms with Gasteiger partial charge in [0.05, 0.1) is 0 Å². The van der Waals surface area contributed by atoms with Crippen molar-refractivity contribution in [2.45, 2.75) is 12.7 Å². The average Bonchev–Trinajstić information content (AvgIpc) is 2.31. The van der Waals surface area contributed by atoms with Crippen LogP contribution in [0.2, 0.25) is 0 Å². The maximum Gasteiger partial charge on any atom is 0.433 e. The van der Waals surface area contributed by atoms with Gasteiger partial charge in [-0.1, -0.05) is 0 Å². The zero-order valence-corrected chi connectivity index (χ0v) is 6.25. The van der Waals surface area contributed by atoms with E-state index in [1.165, 1.54) is 0 Å². The highest BCUT2D eigenvalue weighted by molar-refractivity contribution is 5.66. The summed E-state index contributed by atoms with van der Waals surface area (Å²) in [5, 5.41) is 11.5. The van der Waals surface area contributed by atoms with Crippen LogP contribution in [-0.2, 0) is 17.5 Å². The molecule has 0 aliphatic rings. The molecule has 0 unspecified atom stereocenters. The Bertz CT molecular complexity index is 318. The van der Waals surface area contributed by atoms with Crippen LogP contribution in [0.4, 0.5) is 13.2 Å². The van der Waals surface area contributed by atoms with E-state index in [0.717, 1.165) is 12.3 Å². The normalized spacial score (nSPS) is 11.6. The monoisotopic (exact) mass is 194 g/mol. The lowest BCUT2D eigenvalue weighted by Crippen LogP contribution is -2.18. The van der Waals surface area contributed by atoms with Gasteiger partial charge < -0.3 is 5.11 Å². The van der Waals surface area contributed by atoms with E-state index in [-0.39, 0.29) is 0 Å². The fourth-order valence-corrected chi connectivity index (χ4v) is 0.828. The van der Waals surface area contributed by atoms with Gasteiger partial charge in [-0.25, -0.2) is 4.68 Å². The van der Waals surface area contributed by atoms with Crippen LogP contribution in [-0.4, -0.2) is 20.9 Å². The highest BCUT2D eigenvalue weighted by atomic mass is 19.4. The van der Waals surface area contributed by atoms with Crippen LogP contribution < -0.4 is 0 Å². The largest absolute Gasteiger partial charge is 0.480 e. The highest BCUT2D eigenvalue weighted by Crippen LogP contribution is 2.28. The number of aromatic nitrogens is 2. The van der Waals surface area contributed by atoms with Crippen LogP contribution in [0.5, 0.6) is 0 Å². The summed E-state index contributed by atoms with van der Waals surface area (Å²) < 4.78 is 36.6. The van der Waals surface area contributed by atoms with Gasteiger partial charge in [-0.2, -0.15) is 18.3 Å². The van der Waals surface area contributed by atoms with Crippen LogP contribution in [0, 0.1) is 0 Å². The molecule has 1 rings (SSSR count). The predicted octanol–water partition coefficient (Wildman–Crippen LogP) is 0.986. The van der Waals surface area contributed by atoms with Crippen LogP contribution in [0.1, 0.15) is 5.69 Å². The molecule has 7 heteroatoms. The fraction of sp³-hybridized carbons (Fsp3) is 0.333. The zero-order valence-electron chi connectivity index (χ0n) is 6.25. The van der Waals surface area contributed by atoms with E-state index in [1.54, 1.807) is 0 Å². The second-order valence-corrected chi connectivity index (χ2v) is 2.27. The maximum atomic E-state index is 12.1. The first-order valence-corrected chi connectivity index (χ1v) is 3.22. The third-order valence-corrected chi connectivity index (χ3v) is 1.29. The first kappa shape index (κ1) is 9.56. The number of carbonyl (C=O) groups is 1. The number of halogens is 3. The van der Waals surface area contributed by atoms with Gasteiger partial charge in [0, 0.05) is 6.20 Å². The maximum absolute atomic E-state index is 12.1. The number of hydrogen-bond donors (Lipinski definition) is 1. The van der Waals surface area contributed by atoms with Crippen LogP contribution >= 0.6 is 0 Å². The Kier molecular flexibility index (Phi) is 2.26. The molecule has 0 aliphatic heterocycles. The topological polar surface area (TPSA) is 55.1 Å². The quantitative estimate of drug-likeness (QED) is 0.763. The van der Waals surface area contributed by atoms with Crippen molar-refractivity contribution in [3.8, 4) is 0 Å². The number of carboxylic acid groups (broad SMARTS) is 1. The Hall–Kier alpha value is -1.53. The van der Waals surface area contributed by atoms with Crippen molar-refractivity contribution in [3.05, 3.63) is 18.0 Å². The minimum Gasteiger partial charge on any atom is -0.480 e. The van der Waals surface area contributed by atoms with Gasteiger partial charge in [0.15, 0.2) is 0 Å². The molecule has 0 saturated carbocycles. The summed E-state index contributed by atoms with van der Waals surface area (Å²) >= 11 is 0. The number of rotatable bonds is 2. The summed E-state index contributed by atoms with van der Waals surface area (Å²) in [7, 11) is 0. The summed E-state index contributed by atoms with van der Waals surface area (Å²) in [5.74, 6) is -1.37. The summed E-state index contributed by atoms with van der Waals surface area (Å²) in [6.45, 7) is -0.790. The van der Waals surface area contributed by atoms with Gasteiger partial charge in [-0.3, -0.25) is 4.79 Å². The average molecular weight is 194 g/mol. The lowest BCUT2D eigenvalue weighted by molar-refractivity contribution is -0.147. The number of aliphatic carboxylic acids is 1. The van der Waals surface area contributed by atoms with Gasteiger partial charge >= 0.3 is 12.1 Å². The zero-order chi connectivity index (χ0) is 10.1. The van der Waals surface area contributed by atoms with E-state index in [1.807, 2.05) is 0 Å². The van der Waals surface area contributed by atoms with Gasteiger partial charge in [0.2, 0.25) is 0 Å². The number of hydrogen-bond acceptors (Lipinski definition) is 2. The van der Waals surface area contributed by atoms with Crippen LogP contribution in [0.15, 0.2) is 12.3 Å². The summed E-state index contributed by atoms with van der Waals surface area (Å²) in [4.78, 5) is 10.1. The molecule has 0 amide bonds. The summed E-state index contributed by atoms with van der Waals surface area (Å²) in [6.07, 6.45) is -3.66. The number of alkyl halides is 3. The van der Waals surface area contributed by atoms with E-state index in [4.69, 9.17) is 5.11 Å². The lowest BCUT2D eigenvalue weighted by atomic mass is 10.4. The minimum absolute atomic E-state index is 0.391. The molecule has 0 atom stereocenters. The Morgan fingerprint density at radius 1 is 1.62 bits per heavy atom. The van der Waals surface area contributed by atoms with Gasteiger partial charge in [-0.15, -0.1) is 0 Å². The van der Waals surface area contributed by atoms with Crippen molar-refractivity contribution >= 4 is 5.97 Å².